The first-order valence-corrected chi connectivity index (χ1v) is 7.61. The molecular weight excluding hydrogens is 326 g/mol. The van der Waals surface area contributed by atoms with Crippen LogP contribution in [0.4, 0.5) is 0 Å². The SMILES string of the molecule is COc1ccc(C(CC(=O)O)NC(=O)c2cc(C)n(C)n2)c(OC)c1. The standard InChI is InChI=1S/C17H21N3O5/c1-10-7-14(19-20(10)2)17(23)18-13(9-16(21)22)12-6-5-11(24-3)8-15(12)25-4/h5-8,13H,9H2,1-4H3,(H,18,23)(H,21,22). The predicted molar refractivity (Wildman–Crippen MR) is 90.0 cm³/mol. The van der Waals surface area contributed by atoms with E-state index >= 15 is 0 Å². The number of amides is 1. The van der Waals surface area contributed by atoms with Gasteiger partial charge in [-0.2, -0.15) is 5.10 Å². The third kappa shape index (κ3) is 4.28. The first kappa shape index (κ1) is 18.3. The molecule has 1 heterocycles. The quantitative estimate of drug-likeness (QED) is 0.790. The summed E-state index contributed by atoms with van der Waals surface area (Å²) in [6, 6.07) is 5.87. The summed E-state index contributed by atoms with van der Waals surface area (Å²) in [5.74, 6) is -0.488. The largest absolute Gasteiger partial charge is 0.497 e. The van der Waals surface area contributed by atoms with Crippen LogP contribution in [-0.4, -0.2) is 41.0 Å². The van der Waals surface area contributed by atoms with Crippen LogP contribution in [0.25, 0.3) is 0 Å². The van der Waals surface area contributed by atoms with Gasteiger partial charge in [0.05, 0.1) is 26.7 Å². The fourth-order valence-electron chi connectivity index (χ4n) is 2.42. The smallest absolute Gasteiger partial charge is 0.305 e. The molecule has 0 radical (unpaired) electrons. The average molecular weight is 347 g/mol. The van der Waals surface area contributed by atoms with Crippen LogP contribution >= 0.6 is 0 Å². The summed E-state index contributed by atoms with van der Waals surface area (Å²) in [7, 11) is 4.72. The van der Waals surface area contributed by atoms with Gasteiger partial charge < -0.3 is 19.9 Å². The maximum absolute atomic E-state index is 12.5. The normalized spacial score (nSPS) is 11.7. The molecule has 1 atom stereocenters. The van der Waals surface area contributed by atoms with E-state index in [1.165, 1.54) is 14.2 Å². The van der Waals surface area contributed by atoms with Gasteiger partial charge in [-0.05, 0) is 25.1 Å². The number of methoxy groups -OCH3 is 2. The van der Waals surface area contributed by atoms with E-state index < -0.39 is 17.9 Å². The van der Waals surface area contributed by atoms with Crippen LogP contribution in [-0.2, 0) is 11.8 Å². The van der Waals surface area contributed by atoms with Gasteiger partial charge in [-0.15, -0.1) is 0 Å². The van der Waals surface area contributed by atoms with Crippen molar-refractivity contribution < 1.29 is 24.2 Å². The van der Waals surface area contributed by atoms with Gasteiger partial charge in [0.2, 0.25) is 0 Å². The molecule has 2 rings (SSSR count). The van der Waals surface area contributed by atoms with E-state index in [1.807, 2.05) is 6.92 Å². The molecule has 1 unspecified atom stereocenters. The van der Waals surface area contributed by atoms with E-state index in [0.29, 0.717) is 17.1 Å². The lowest BCUT2D eigenvalue weighted by atomic mass is 10.0. The van der Waals surface area contributed by atoms with Gasteiger partial charge >= 0.3 is 5.97 Å². The molecule has 0 spiro atoms. The molecule has 2 aromatic rings. The number of aromatic nitrogens is 2. The Kier molecular flexibility index (Phi) is 5.63. The van der Waals surface area contributed by atoms with Crippen molar-refractivity contribution in [2.75, 3.05) is 14.2 Å². The molecule has 0 bridgehead atoms. The highest BCUT2D eigenvalue weighted by Crippen LogP contribution is 2.31. The molecule has 1 amide bonds. The Morgan fingerprint density at radius 1 is 1.28 bits per heavy atom. The van der Waals surface area contributed by atoms with Crippen molar-refractivity contribution >= 4 is 11.9 Å². The highest BCUT2D eigenvalue weighted by molar-refractivity contribution is 5.93. The molecule has 1 aromatic heterocycles. The van der Waals surface area contributed by atoms with E-state index in [4.69, 9.17) is 9.47 Å². The second-order valence-electron chi connectivity index (χ2n) is 5.53. The Balaban J connectivity index is 2.33. The van der Waals surface area contributed by atoms with E-state index in [-0.39, 0.29) is 12.1 Å². The topological polar surface area (TPSA) is 103 Å². The van der Waals surface area contributed by atoms with Crippen molar-refractivity contribution in [1.29, 1.82) is 0 Å². The van der Waals surface area contributed by atoms with Gasteiger partial charge in [0, 0.05) is 24.4 Å². The molecule has 0 saturated heterocycles. The second-order valence-corrected chi connectivity index (χ2v) is 5.53. The van der Waals surface area contributed by atoms with Gasteiger partial charge in [-0.1, -0.05) is 0 Å². The van der Waals surface area contributed by atoms with Crippen molar-refractivity contribution in [3.05, 3.63) is 41.2 Å². The zero-order valence-electron chi connectivity index (χ0n) is 14.6. The van der Waals surface area contributed by atoms with Crippen molar-refractivity contribution in [1.82, 2.24) is 15.1 Å². The number of aryl methyl sites for hydroxylation is 2. The maximum Gasteiger partial charge on any atom is 0.305 e. The molecule has 2 N–H and O–H groups in total. The summed E-state index contributed by atoms with van der Waals surface area (Å²) in [5, 5.41) is 16.0. The van der Waals surface area contributed by atoms with Crippen LogP contribution in [0, 0.1) is 6.92 Å². The summed E-state index contributed by atoms with van der Waals surface area (Å²) < 4.78 is 12.0. The minimum atomic E-state index is -1.04. The average Bonchev–Trinajstić information content (AvgIpc) is 2.92. The Hall–Kier alpha value is -3.03. The molecule has 8 nitrogen and oxygen atoms in total. The number of carbonyl (C=O) groups excluding carboxylic acids is 1. The van der Waals surface area contributed by atoms with Gasteiger partial charge in [-0.25, -0.2) is 0 Å². The monoisotopic (exact) mass is 347 g/mol. The van der Waals surface area contributed by atoms with Crippen LogP contribution in [0.2, 0.25) is 0 Å². The van der Waals surface area contributed by atoms with Gasteiger partial charge in [0.1, 0.15) is 17.2 Å². The predicted octanol–water partition coefficient (Wildman–Crippen LogP) is 1.69. The fraction of sp³-hybridized carbons (Fsp3) is 0.353. The Labute approximate surface area is 145 Å². The lowest BCUT2D eigenvalue weighted by molar-refractivity contribution is -0.137. The maximum atomic E-state index is 12.5. The molecule has 1 aromatic carbocycles. The number of nitrogens with one attached hydrogen (secondary N) is 1. The summed E-state index contributed by atoms with van der Waals surface area (Å²) in [5.41, 5.74) is 1.59. The van der Waals surface area contributed by atoms with E-state index in [0.717, 1.165) is 5.69 Å². The Morgan fingerprint density at radius 3 is 2.52 bits per heavy atom. The van der Waals surface area contributed by atoms with Gasteiger partial charge in [-0.3, -0.25) is 14.3 Å². The number of carboxylic acids is 1. The molecule has 25 heavy (non-hydrogen) atoms. The molecule has 0 fully saturated rings. The zero-order valence-corrected chi connectivity index (χ0v) is 14.6. The van der Waals surface area contributed by atoms with Crippen LogP contribution in [0.1, 0.15) is 34.2 Å². The first-order valence-electron chi connectivity index (χ1n) is 7.61. The van der Waals surface area contributed by atoms with Crippen molar-refractivity contribution in [3.63, 3.8) is 0 Å². The molecule has 8 heteroatoms. The molecule has 0 aliphatic rings. The highest BCUT2D eigenvalue weighted by atomic mass is 16.5. The third-order valence-electron chi connectivity index (χ3n) is 3.85. The second kappa shape index (κ2) is 7.69. The Bertz CT molecular complexity index is 765. The zero-order chi connectivity index (χ0) is 18.6. The van der Waals surface area contributed by atoms with E-state index in [2.05, 4.69) is 10.4 Å². The van der Waals surface area contributed by atoms with E-state index in [1.54, 1.807) is 36.0 Å². The fourth-order valence-corrected chi connectivity index (χ4v) is 2.42. The van der Waals surface area contributed by atoms with Crippen LogP contribution in [0.5, 0.6) is 11.5 Å². The molecular formula is C17H21N3O5. The number of carbonyl (C=O) groups is 2. The number of hydrogen-bond acceptors (Lipinski definition) is 5. The number of ether oxygens (including phenoxy) is 2. The van der Waals surface area contributed by atoms with Gasteiger partial charge in [0.25, 0.3) is 5.91 Å². The summed E-state index contributed by atoms with van der Waals surface area (Å²) in [6.45, 7) is 1.82. The number of nitrogens with zero attached hydrogens (tertiary/aromatic N) is 2. The number of rotatable bonds is 7. The van der Waals surface area contributed by atoms with Crippen LogP contribution < -0.4 is 14.8 Å². The summed E-state index contributed by atoms with van der Waals surface area (Å²) in [4.78, 5) is 23.7. The Morgan fingerprint density at radius 2 is 2.00 bits per heavy atom. The third-order valence-corrected chi connectivity index (χ3v) is 3.85. The molecule has 0 aliphatic heterocycles. The van der Waals surface area contributed by atoms with Crippen molar-refractivity contribution in [3.8, 4) is 11.5 Å². The van der Waals surface area contributed by atoms with Gasteiger partial charge in [0.15, 0.2) is 0 Å². The lowest BCUT2D eigenvalue weighted by Gasteiger charge is -2.20. The summed E-state index contributed by atoms with van der Waals surface area (Å²) >= 11 is 0. The van der Waals surface area contributed by atoms with Crippen LogP contribution in [0.15, 0.2) is 24.3 Å². The number of hydrogen-bond donors (Lipinski definition) is 2. The molecule has 134 valence electrons. The minimum absolute atomic E-state index is 0.225. The minimum Gasteiger partial charge on any atom is -0.497 e. The number of benzene rings is 1. The first-order chi connectivity index (χ1) is 11.8. The summed E-state index contributed by atoms with van der Waals surface area (Å²) in [6.07, 6.45) is -0.291. The number of carboxylic acid groups (broad SMARTS) is 1. The van der Waals surface area contributed by atoms with E-state index in [9.17, 15) is 14.7 Å². The molecule has 0 saturated carbocycles. The van der Waals surface area contributed by atoms with Crippen molar-refractivity contribution in [2.24, 2.45) is 7.05 Å². The molecule has 0 aliphatic carbocycles. The van der Waals surface area contributed by atoms with Crippen molar-refractivity contribution in [2.45, 2.75) is 19.4 Å². The highest BCUT2D eigenvalue weighted by Gasteiger charge is 2.23. The van der Waals surface area contributed by atoms with Crippen LogP contribution in [0.3, 0.4) is 0 Å². The lowest BCUT2D eigenvalue weighted by Crippen LogP contribution is -2.30. The number of aliphatic carboxylic acids is 1.